The van der Waals surface area contributed by atoms with E-state index in [1.807, 2.05) is 0 Å². The SMILES string of the molecule is C=C(/C(Cl)=N\C(C(=O)Nc1ccc(F)c([C@@]2(C)N=C(N)OCC2(F)F)n1)=C(N)N)C(C)(F)F. The normalized spacial score (nSPS) is 20.4. The maximum atomic E-state index is 14.5. The van der Waals surface area contributed by atoms with E-state index in [9.17, 15) is 26.7 Å². The summed E-state index contributed by atoms with van der Waals surface area (Å²) in [5, 5.41) is 1.23. The molecule has 1 aliphatic rings. The second-order valence-corrected chi connectivity index (χ2v) is 7.43. The quantitative estimate of drug-likeness (QED) is 0.270. The fraction of sp³-hybridized carbons (Fsp3) is 0.333. The number of hydrogen-bond acceptors (Lipinski definition) is 8. The maximum absolute atomic E-state index is 14.5. The van der Waals surface area contributed by atoms with Gasteiger partial charge in [-0.15, -0.1) is 0 Å². The van der Waals surface area contributed by atoms with Crippen LogP contribution in [0.3, 0.4) is 0 Å². The molecule has 1 amide bonds. The van der Waals surface area contributed by atoms with Crippen molar-refractivity contribution in [1.82, 2.24) is 4.98 Å². The Bertz CT molecular complexity index is 1080. The Balaban J connectivity index is 2.44. The molecule has 9 nitrogen and oxygen atoms in total. The van der Waals surface area contributed by atoms with E-state index < -0.39 is 75.5 Å². The average Bonchev–Trinajstić information content (AvgIpc) is 2.69. The molecule has 0 aliphatic carbocycles. The molecular formula is C18H19ClF5N7O2. The van der Waals surface area contributed by atoms with Crippen LogP contribution in [0.4, 0.5) is 27.8 Å². The molecule has 0 spiro atoms. The van der Waals surface area contributed by atoms with Gasteiger partial charge >= 0.3 is 5.92 Å². The molecule has 7 N–H and O–H groups in total. The highest BCUT2D eigenvalue weighted by molar-refractivity contribution is 6.70. The van der Waals surface area contributed by atoms with Crippen LogP contribution >= 0.6 is 11.6 Å². The van der Waals surface area contributed by atoms with Gasteiger partial charge in [0.15, 0.2) is 17.8 Å². The first kappa shape index (κ1) is 25.8. The van der Waals surface area contributed by atoms with E-state index in [2.05, 4.69) is 31.6 Å². The standard InChI is InChI=1S/C18H19ClF5N7O2/c1-7(17(3,21)22)12(19)30-10(13(25)26)14(32)29-9-5-4-8(20)11(28-9)16(2)18(23,24)6-33-15(27)31-16/h4-5H,1,6,25-26H2,2-3H3,(H2,27,31)(H,28,29,32)/b30-12+/t16-/m1/s1. The third-order valence-corrected chi connectivity index (χ3v) is 4.79. The zero-order chi connectivity index (χ0) is 25.4. The van der Waals surface area contributed by atoms with E-state index in [4.69, 9.17) is 28.8 Å². The number of aromatic nitrogens is 1. The number of amidine groups is 1. The van der Waals surface area contributed by atoms with Gasteiger partial charge in [0.25, 0.3) is 17.9 Å². The van der Waals surface area contributed by atoms with Crippen molar-refractivity contribution in [1.29, 1.82) is 0 Å². The van der Waals surface area contributed by atoms with Gasteiger partial charge in [-0.1, -0.05) is 18.2 Å². The minimum absolute atomic E-state index is 0.446. The van der Waals surface area contributed by atoms with Crippen molar-refractivity contribution < 1.29 is 31.5 Å². The first-order valence-electron chi connectivity index (χ1n) is 8.91. The summed E-state index contributed by atoms with van der Waals surface area (Å²) in [6.45, 7) is 3.26. The van der Waals surface area contributed by atoms with E-state index in [1.54, 1.807) is 0 Å². The van der Waals surface area contributed by atoms with Crippen LogP contribution < -0.4 is 22.5 Å². The number of carbonyl (C=O) groups is 1. The highest BCUT2D eigenvalue weighted by atomic mass is 35.5. The molecule has 1 aromatic heterocycles. The number of hydrogen-bond donors (Lipinski definition) is 4. The topological polar surface area (TPSA) is 154 Å². The highest BCUT2D eigenvalue weighted by Crippen LogP contribution is 2.43. The summed E-state index contributed by atoms with van der Waals surface area (Å²) in [6, 6.07) is 1.06. The van der Waals surface area contributed by atoms with Gasteiger partial charge in [0.05, 0.1) is 5.57 Å². The van der Waals surface area contributed by atoms with E-state index in [1.165, 1.54) is 0 Å². The molecular weight excluding hydrogens is 477 g/mol. The third kappa shape index (κ3) is 5.32. The number of nitrogens with two attached hydrogens (primary N) is 3. The van der Waals surface area contributed by atoms with Crippen LogP contribution in [0.5, 0.6) is 0 Å². The average molecular weight is 496 g/mol. The molecule has 0 saturated carbocycles. The van der Waals surface area contributed by atoms with Crippen LogP contribution in [0, 0.1) is 5.82 Å². The first-order valence-corrected chi connectivity index (χ1v) is 9.28. The third-order valence-electron chi connectivity index (χ3n) is 4.47. The van der Waals surface area contributed by atoms with Crippen LogP contribution in [0.15, 0.2) is 45.8 Å². The van der Waals surface area contributed by atoms with Gasteiger partial charge < -0.3 is 27.3 Å². The number of halogens is 6. The summed E-state index contributed by atoms with van der Waals surface area (Å²) in [6.07, 6.45) is 0. The second-order valence-electron chi connectivity index (χ2n) is 7.07. The second kappa shape index (κ2) is 8.84. The molecule has 1 atom stereocenters. The van der Waals surface area contributed by atoms with Crippen molar-refractivity contribution >= 4 is 34.5 Å². The number of rotatable bonds is 6. The smallest absolute Gasteiger partial charge is 0.311 e. The van der Waals surface area contributed by atoms with E-state index in [0.717, 1.165) is 19.1 Å². The van der Waals surface area contributed by atoms with Crippen molar-refractivity contribution in [2.75, 3.05) is 11.9 Å². The Morgan fingerprint density at radius 1 is 1.36 bits per heavy atom. The minimum Gasteiger partial charge on any atom is -0.459 e. The lowest BCUT2D eigenvalue weighted by molar-refractivity contribution is -0.118. The molecule has 0 unspecified atom stereocenters. The minimum atomic E-state index is -3.72. The van der Waals surface area contributed by atoms with Crippen LogP contribution in [-0.2, 0) is 15.1 Å². The van der Waals surface area contributed by atoms with Gasteiger partial charge in [0.1, 0.15) is 28.3 Å². The molecule has 15 heteroatoms. The lowest BCUT2D eigenvalue weighted by Crippen LogP contribution is -2.51. The Kier molecular flexibility index (Phi) is 6.92. The summed E-state index contributed by atoms with van der Waals surface area (Å²) in [5.74, 6) is -10.7. The number of pyridine rings is 1. The molecule has 2 heterocycles. The van der Waals surface area contributed by atoms with Crippen molar-refractivity contribution in [2.24, 2.45) is 27.2 Å². The van der Waals surface area contributed by atoms with Crippen molar-refractivity contribution in [2.45, 2.75) is 31.2 Å². The molecule has 33 heavy (non-hydrogen) atoms. The van der Waals surface area contributed by atoms with Gasteiger partial charge in [0, 0.05) is 6.92 Å². The van der Waals surface area contributed by atoms with Crippen molar-refractivity contribution in [3.05, 3.63) is 47.3 Å². The number of carbonyl (C=O) groups excluding carboxylic acids is 1. The lowest BCUT2D eigenvalue weighted by atomic mass is 9.89. The Morgan fingerprint density at radius 2 is 1.97 bits per heavy atom. The monoisotopic (exact) mass is 495 g/mol. The summed E-state index contributed by atoms with van der Waals surface area (Å²) >= 11 is 5.67. The summed E-state index contributed by atoms with van der Waals surface area (Å²) in [4.78, 5) is 23.2. The van der Waals surface area contributed by atoms with Crippen molar-refractivity contribution in [3.63, 3.8) is 0 Å². The molecule has 0 radical (unpaired) electrons. The molecule has 0 bridgehead atoms. The molecule has 0 aromatic carbocycles. The van der Waals surface area contributed by atoms with Crippen LogP contribution in [0.2, 0.25) is 0 Å². The largest absolute Gasteiger partial charge is 0.459 e. The van der Waals surface area contributed by atoms with Gasteiger partial charge in [-0.3, -0.25) is 4.79 Å². The van der Waals surface area contributed by atoms with Gasteiger partial charge in [0.2, 0.25) is 0 Å². The zero-order valence-electron chi connectivity index (χ0n) is 17.2. The molecule has 1 aliphatic heterocycles. The number of nitrogens with one attached hydrogen (secondary N) is 1. The number of allylic oxidation sites excluding steroid dienone is 1. The summed E-state index contributed by atoms with van der Waals surface area (Å²) < 4.78 is 74.7. The van der Waals surface area contributed by atoms with Gasteiger partial charge in [-0.25, -0.2) is 28.1 Å². The fourth-order valence-corrected chi connectivity index (χ4v) is 2.74. The van der Waals surface area contributed by atoms with Crippen LogP contribution in [0.25, 0.3) is 0 Å². The molecule has 180 valence electrons. The predicted molar refractivity (Wildman–Crippen MR) is 111 cm³/mol. The number of nitrogens with zero attached hydrogens (tertiary/aromatic N) is 3. The van der Waals surface area contributed by atoms with E-state index in [0.29, 0.717) is 6.92 Å². The number of alkyl halides is 4. The van der Waals surface area contributed by atoms with Gasteiger partial charge in [-0.05, 0) is 19.1 Å². The number of ether oxygens (including phenoxy) is 1. The number of aliphatic imine (C=N–C) groups is 2. The highest BCUT2D eigenvalue weighted by Gasteiger charge is 2.57. The maximum Gasteiger partial charge on any atom is 0.311 e. The lowest BCUT2D eigenvalue weighted by Gasteiger charge is -2.36. The van der Waals surface area contributed by atoms with E-state index >= 15 is 0 Å². The molecule has 1 aromatic rings. The summed E-state index contributed by atoms with van der Waals surface area (Å²) in [7, 11) is 0. The zero-order valence-corrected chi connectivity index (χ0v) is 18.0. The number of anilines is 1. The molecule has 0 fully saturated rings. The molecule has 0 saturated heterocycles. The van der Waals surface area contributed by atoms with Crippen LogP contribution in [-0.4, -0.2) is 40.5 Å². The van der Waals surface area contributed by atoms with Gasteiger partial charge in [-0.2, -0.15) is 8.78 Å². The first-order chi connectivity index (χ1) is 15.0. The summed E-state index contributed by atoms with van der Waals surface area (Å²) in [5.41, 5.74) is 11.0. The van der Waals surface area contributed by atoms with E-state index in [-0.39, 0.29) is 0 Å². The predicted octanol–water partition coefficient (Wildman–Crippen LogP) is 2.29. The Hall–Kier alpha value is -3.42. The Labute approximate surface area is 189 Å². The fourth-order valence-electron chi connectivity index (χ4n) is 2.49. The number of amides is 1. The molecule has 2 rings (SSSR count). The van der Waals surface area contributed by atoms with Crippen LogP contribution in [0.1, 0.15) is 19.5 Å². The van der Waals surface area contributed by atoms with Crippen molar-refractivity contribution in [3.8, 4) is 0 Å². The Morgan fingerprint density at radius 3 is 2.52 bits per heavy atom.